The van der Waals surface area contributed by atoms with Crippen molar-refractivity contribution in [2.45, 2.75) is 25.3 Å². The summed E-state index contributed by atoms with van der Waals surface area (Å²) in [5.74, 6) is 0.284. The molecule has 8 nitrogen and oxygen atoms in total. The number of carbonyl (C=O) groups is 1. The molecule has 0 radical (unpaired) electrons. The molecule has 180 valence electrons. The molecule has 2 heterocycles. The molecule has 34 heavy (non-hydrogen) atoms. The van der Waals surface area contributed by atoms with Crippen LogP contribution in [0.25, 0.3) is 11.1 Å². The van der Waals surface area contributed by atoms with Gasteiger partial charge in [0.25, 0.3) is 0 Å². The molecular weight excluding hydrogens is 452 g/mol. The molecule has 2 aromatic carbocycles. The summed E-state index contributed by atoms with van der Waals surface area (Å²) in [7, 11) is -1.77. The van der Waals surface area contributed by atoms with Crippen LogP contribution in [-0.4, -0.2) is 73.4 Å². The van der Waals surface area contributed by atoms with Gasteiger partial charge in [0.15, 0.2) is 5.76 Å². The van der Waals surface area contributed by atoms with E-state index in [1.807, 2.05) is 30.1 Å². The maximum Gasteiger partial charge on any atom is 0.248 e. The average Bonchev–Trinajstić information content (AvgIpc) is 3.18. The van der Waals surface area contributed by atoms with Crippen molar-refractivity contribution in [1.82, 2.24) is 19.3 Å². The third-order valence-corrected chi connectivity index (χ3v) is 8.22. The standard InChI is InChI=1S/C25H30N4O4S/c1-19-25(20(2)33-26-19)34(31,32)29-15-13-28(14-16-29)24(30)18-27(3)17-21-9-11-23(12-10-21)22-7-5-4-6-8-22/h4-12H,13-18H2,1-3H3. The van der Waals surface area contributed by atoms with Gasteiger partial charge >= 0.3 is 0 Å². The molecule has 0 spiro atoms. The van der Waals surface area contributed by atoms with Crippen molar-refractivity contribution < 1.29 is 17.7 Å². The quantitative estimate of drug-likeness (QED) is 0.515. The third kappa shape index (κ3) is 5.22. The predicted molar refractivity (Wildman–Crippen MR) is 130 cm³/mol. The molecule has 0 saturated carbocycles. The van der Waals surface area contributed by atoms with E-state index in [9.17, 15) is 13.2 Å². The highest BCUT2D eigenvalue weighted by Gasteiger charge is 2.34. The van der Waals surface area contributed by atoms with Crippen LogP contribution in [0.4, 0.5) is 0 Å². The predicted octanol–water partition coefficient (Wildman–Crippen LogP) is 2.92. The van der Waals surface area contributed by atoms with Gasteiger partial charge in [-0.2, -0.15) is 4.31 Å². The van der Waals surface area contributed by atoms with Gasteiger partial charge in [-0.1, -0.05) is 59.8 Å². The fraction of sp³-hybridized carbons (Fsp3) is 0.360. The van der Waals surface area contributed by atoms with E-state index in [1.165, 1.54) is 9.87 Å². The number of carbonyl (C=O) groups excluding carboxylic acids is 1. The number of aryl methyl sites for hydroxylation is 2. The summed E-state index contributed by atoms with van der Waals surface area (Å²) >= 11 is 0. The largest absolute Gasteiger partial charge is 0.360 e. The van der Waals surface area contributed by atoms with Crippen molar-refractivity contribution in [1.29, 1.82) is 0 Å². The number of amides is 1. The summed E-state index contributed by atoms with van der Waals surface area (Å²) in [6.07, 6.45) is 0. The first kappa shape index (κ1) is 24.1. The molecule has 1 aromatic heterocycles. The van der Waals surface area contributed by atoms with Crippen molar-refractivity contribution in [3.05, 3.63) is 71.6 Å². The highest BCUT2D eigenvalue weighted by molar-refractivity contribution is 7.89. The zero-order valence-electron chi connectivity index (χ0n) is 19.8. The lowest BCUT2D eigenvalue weighted by Crippen LogP contribution is -2.52. The van der Waals surface area contributed by atoms with E-state index >= 15 is 0 Å². The second-order valence-corrected chi connectivity index (χ2v) is 10.5. The average molecular weight is 483 g/mol. The Hall–Kier alpha value is -3.01. The van der Waals surface area contributed by atoms with Gasteiger partial charge in [0, 0.05) is 32.7 Å². The van der Waals surface area contributed by atoms with E-state index in [-0.39, 0.29) is 36.2 Å². The Balaban J connectivity index is 1.29. The minimum absolute atomic E-state index is 0.00204. The zero-order chi connectivity index (χ0) is 24.3. The molecule has 1 aliphatic heterocycles. The molecule has 4 rings (SSSR count). The van der Waals surface area contributed by atoms with Crippen LogP contribution in [-0.2, 0) is 21.4 Å². The van der Waals surface area contributed by atoms with Crippen molar-refractivity contribution in [3.63, 3.8) is 0 Å². The Bertz CT molecular complexity index is 1210. The van der Waals surface area contributed by atoms with Crippen LogP contribution >= 0.6 is 0 Å². The fourth-order valence-electron chi connectivity index (χ4n) is 4.28. The maximum atomic E-state index is 13.0. The van der Waals surface area contributed by atoms with E-state index in [2.05, 4.69) is 41.6 Å². The Labute approximate surface area is 200 Å². The number of hydrogen-bond acceptors (Lipinski definition) is 6. The van der Waals surface area contributed by atoms with Crippen LogP contribution in [0.15, 0.2) is 64.0 Å². The summed E-state index contributed by atoms with van der Waals surface area (Å²) in [6, 6.07) is 18.6. The number of hydrogen-bond donors (Lipinski definition) is 0. The zero-order valence-corrected chi connectivity index (χ0v) is 20.6. The second kappa shape index (κ2) is 10.1. The Kier molecular flexibility index (Phi) is 7.16. The van der Waals surface area contributed by atoms with Gasteiger partial charge in [-0.05, 0) is 37.6 Å². The second-order valence-electron chi connectivity index (χ2n) is 8.67. The van der Waals surface area contributed by atoms with Crippen LogP contribution in [0.2, 0.25) is 0 Å². The number of nitrogens with zero attached hydrogens (tertiary/aromatic N) is 4. The van der Waals surface area contributed by atoms with Crippen LogP contribution in [0.3, 0.4) is 0 Å². The molecule has 1 amide bonds. The van der Waals surface area contributed by atoms with E-state index in [1.54, 1.807) is 18.7 Å². The van der Waals surface area contributed by atoms with E-state index in [4.69, 9.17) is 4.52 Å². The first-order valence-corrected chi connectivity index (χ1v) is 12.7. The Morgan fingerprint density at radius 2 is 1.59 bits per heavy atom. The first-order valence-electron chi connectivity index (χ1n) is 11.3. The first-order chi connectivity index (χ1) is 16.3. The maximum absolute atomic E-state index is 13.0. The van der Waals surface area contributed by atoms with E-state index in [0.717, 1.165) is 11.1 Å². The van der Waals surface area contributed by atoms with Gasteiger partial charge in [-0.25, -0.2) is 8.42 Å². The Morgan fingerprint density at radius 1 is 0.971 bits per heavy atom. The summed E-state index contributed by atoms with van der Waals surface area (Å²) in [6.45, 7) is 5.37. The van der Waals surface area contributed by atoms with Gasteiger partial charge in [-0.3, -0.25) is 9.69 Å². The molecule has 0 atom stereocenters. The van der Waals surface area contributed by atoms with Crippen LogP contribution in [0.1, 0.15) is 17.0 Å². The third-order valence-electron chi connectivity index (χ3n) is 6.08. The summed E-state index contributed by atoms with van der Waals surface area (Å²) < 4.78 is 32.4. The lowest BCUT2D eigenvalue weighted by molar-refractivity contribution is -0.133. The number of rotatable bonds is 7. The van der Waals surface area contributed by atoms with Crippen LogP contribution in [0.5, 0.6) is 0 Å². The SMILES string of the molecule is Cc1noc(C)c1S(=O)(=O)N1CCN(C(=O)CN(C)Cc2ccc(-c3ccccc3)cc2)CC1. The molecule has 0 unspecified atom stereocenters. The van der Waals surface area contributed by atoms with Crippen molar-refractivity contribution in [2.24, 2.45) is 0 Å². The van der Waals surface area contributed by atoms with Gasteiger partial charge < -0.3 is 9.42 Å². The minimum atomic E-state index is -3.69. The number of likely N-dealkylation sites (N-methyl/N-ethyl adjacent to an activating group) is 1. The highest BCUT2D eigenvalue weighted by atomic mass is 32.2. The molecule has 1 fully saturated rings. The summed E-state index contributed by atoms with van der Waals surface area (Å²) in [4.78, 5) is 16.7. The molecule has 1 saturated heterocycles. The number of piperazine rings is 1. The van der Waals surface area contributed by atoms with Gasteiger partial charge in [0.05, 0.1) is 6.54 Å². The topological polar surface area (TPSA) is 87.0 Å². The van der Waals surface area contributed by atoms with Crippen molar-refractivity contribution >= 4 is 15.9 Å². The van der Waals surface area contributed by atoms with E-state index < -0.39 is 10.0 Å². The fourth-order valence-corrected chi connectivity index (χ4v) is 5.99. The van der Waals surface area contributed by atoms with Crippen LogP contribution < -0.4 is 0 Å². The molecule has 0 N–H and O–H groups in total. The molecule has 0 aliphatic carbocycles. The molecule has 0 bridgehead atoms. The molecule has 1 aliphatic rings. The summed E-state index contributed by atoms with van der Waals surface area (Å²) in [5, 5.41) is 3.76. The van der Waals surface area contributed by atoms with Gasteiger partial charge in [-0.15, -0.1) is 0 Å². The van der Waals surface area contributed by atoms with Crippen molar-refractivity contribution in [2.75, 3.05) is 39.8 Å². The van der Waals surface area contributed by atoms with Gasteiger partial charge in [0.2, 0.25) is 15.9 Å². The highest BCUT2D eigenvalue weighted by Crippen LogP contribution is 2.24. The Morgan fingerprint density at radius 3 is 2.18 bits per heavy atom. The monoisotopic (exact) mass is 482 g/mol. The molecule has 9 heteroatoms. The minimum Gasteiger partial charge on any atom is -0.360 e. The molecule has 3 aromatic rings. The van der Waals surface area contributed by atoms with Gasteiger partial charge in [0.1, 0.15) is 10.6 Å². The number of benzene rings is 2. The summed E-state index contributed by atoms with van der Waals surface area (Å²) in [5.41, 5.74) is 3.82. The lowest BCUT2D eigenvalue weighted by atomic mass is 10.0. The van der Waals surface area contributed by atoms with E-state index in [0.29, 0.717) is 25.3 Å². The number of sulfonamides is 1. The number of aromatic nitrogens is 1. The smallest absolute Gasteiger partial charge is 0.248 e. The normalized spacial score (nSPS) is 15.1. The van der Waals surface area contributed by atoms with Crippen LogP contribution in [0, 0.1) is 13.8 Å². The molecular formula is C25H30N4O4S. The lowest BCUT2D eigenvalue weighted by Gasteiger charge is -2.34. The van der Waals surface area contributed by atoms with Crippen molar-refractivity contribution in [3.8, 4) is 11.1 Å².